The largest absolute Gasteiger partial charge is 0.493 e. The molecule has 0 aliphatic rings. The average Bonchev–Trinajstić information content (AvgIpc) is 2.65. The fourth-order valence-corrected chi connectivity index (χ4v) is 2.88. The van der Waals surface area contributed by atoms with E-state index < -0.39 is 5.60 Å². The van der Waals surface area contributed by atoms with Crippen molar-refractivity contribution in [2.45, 2.75) is 33.3 Å². The third-order valence-electron chi connectivity index (χ3n) is 4.07. The van der Waals surface area contributed by atoms with E-state index in [4.69, 9.17) is 14.2 Å². The Balaban J connectivity index is 2.15. The van der Waals surface area contributed by atoms with Crippen molar-refractivity contribution in [3.8, 4) is 28.5 Å². The van der Waals surface area contributed by atoms with E-state index in [1.807, 2.05) is 57.2 Å². The Labute approximate surface area is 170 Å². The predicted molar refractivity (Wildman–Crippen MR) is 113 cm³/mol. The van der Waals surface area contributed by atoms with E-state index in [1.54, 1.807) is 14.2 Å². The molecule has 0 fully saturated rings. The van der Waals surface area contributed by atoms with Gasteiger partial charge < -0.3 is 14.2 Å². The maximum absolute atomic E-state index is 11.4. The standard InChI is InChI=1S/C22H25N3O4/c1-13(26)23-21-24-17-9-7-14(11-16(17)20(25-21)29-22(2,3)4)15-8-10-18(27-5)19(12-15)28-6/h7-12H,1-6H3,(H,23,24,25,26). The summed E-state index contributed by atoms with van der Waals surface area (Å²) < 4.78 is 16.8. The number of hydrogen-bond donors (Lipinski definition) is 1. The van der Waals surface area contributed by atoms with Gasteiger partial charge in [-0.2, -0.15) is 4.98 Å². The van der Waals surface area contributed by atoms with E-state index in [2.05, 4.69) is 15.3 Å². The van der Waals surface area contributed by atoms with E-state index in [1.165, 1.54) is 6.92 Å². The van der Waals surface area contributed by atoms with Gasteiger partial charge in [0, 0.05) is 6.92 Å². The molecule has 0 bridgehead atoms. The summed E-state index contributed by atoms with van der Waals surface area (Å²) in [5, 5.41) is 3.38. The number of aromatic nitrogens is 2. The first-order valence-electron chi connectivity index (χ1n) is 9.21. The molecule has 1 aromatic heterocycles. The number of amides is 1. The summed E-state index contributed by atoms with van der Waals surface area (Å²) in [6.45, 7) is 7.24. The SMILES string of the molecule is COc1ccc(-c2ccc3nc(NC(C)=O)nc(OC(C)(C)C)c3c2)cc1OC. The van der Waals surface area contributed by atoms with Gasteiger partial charge in [0.25, 0.3) is 0 Å². The number of carbonyl (C=O) groups excluding carboxylic acids is 1. The van der Waals surface area contributed by atoms with Gasteiger partial charge in [-0.15, -0.1) is 0 Å². The van der Waals surface area contributed by atoms with Gasteiger partial charge in [0.2, 0.25) is 17.7 Å². The smallest absolute Gasteiger partial charge is 0.233 e. The third-order valence-corrected chi connectivity index (χ3v) is 4.07. The summed E-state index contributed by atoms with van der Waals surface area (Å²) in [6.07, 6.45) is 0. The van der Waals surface area contributed by atoms with Crippen LogP contribution in [0.5, 0.6) is 17.4 Å². The van der Waals surface area contributed by atoms with E-state index in [0.717, 1.165) is 16.5 Å². The van der Waals surface area contributed by atoms with Crippen molar-refractivity contribution in [2.75, 3.05) is 19.5 Å². The number of nitrogens with zero attached hydrogens (tertiary/aromatic N) is 2. The lowest BCUT2D eigenvalue weighted by Crippen LogP contribution is -2.24. The fraction of sp³-hybridized carbons (Fsp3) is 0.318. The Bertz CT molecular complexity index is 1060. The highest BCUT2D eigenvalue weighted by Gasteiger charge is 2.18. The lowest BCUT2D eigenvalue weighted by atomic mass is 10.0. The maximum atomic E-state index is 11.4. The summed E-state index contributed by atoms with van der Waals surface area (Å²) in [5.41, 5.74) is 2.12. The normalized spacial score (nSPS) is 11.2. The van der Waals surface area contributed by atoms with Crippen LogP contribution in [0.1, 0.15) is 27.7 Å². The molecule has 3 rings (SSSR count). The van der Waals surface area contributed by atoms with Gasteiger partial charge in [0.1, 0.15) is 5.60 Å². The zero-order valence-corrected chi connectivity index (χ0v) is 17.5. The molecule has 3 aromatic rings. The molecule has 0 radical (unpaired) electrons. The maximum Gasteiger partial charge on any atom is 0.233 e. The zero-order chi connectivity index (χ0) is 21.2. The Morgan fingerprint density at radius 3 is 2.21 bits per heavy atom. The summed E-state index contributed by atoms with van der Waals surface area (Å²) in [5.74, 6) is 1.69. The topological polar surface area (TPSA) is 82.6 Å². The number of nitrogens with one attached hydrogen (secondary N) is 1. The molecule has 0 aliphatic carbocycles. The van der Waals surface area contributed by atoms with Crippen molar-refractivity contribution in [3.63, 3.8) is 0 Å². The second kappa shape index (κ2) is 7.95. The van der Waals surface area contributed by atoms with Crippen LogP contribution in [0.25, 0.3) is 22.0 Å². The quantitative estimate of drug-likeness (QED) is 0.687. The molecular weight excluding hydrogens is 370 g/mol. The molecule has 2 aromatic carbocycles. The van der Waals surface area contributed by atoms with Crippen LogP contribution in [-0.2, 0) is 4.79 Å². The number of benzene rings is 2. The number of hydrogen-bond acceptors (Lipinski definition) is 6. The van der Waals surface area contributed by atoms with Crippen LogP contribution in [0.3, 0.4) is 0 Å². The van der Waals surface area contributed by atoms with Gasteiger partial charge in [0.05, 0.1) is 25.1 Å². The molecular formula is C22H25N3O4. The van der Waals surface area contributed by atoms with Gasteiger partial charge in [-0.05, 0) is 56.2 Å². The average molecular weight is 395 g/mol. The van der Waals surface area contributed by atoms with Crippen LogP contribution in [0.4, 0.5) is 5.95 Å². The fourth-order valence-electron chi connectivity index (χ4n) is 2.88. The Kier molecular flexibility index (Phi) is 5.59. The van der Waals surface area contributed by atoms with Crippen molar-refractivity contribution >= 4 is 22.8 Å². The summed E-state index contributed by atoms with van der Waals surface area (Å²) in [4.78, 5) is 20.3. The van der Waals surface area contributed by atoms with Crippen LogP contribution >= 0.6 is 0 Å². The lowest BCUT2D eigenvalue weighted by Gasteiger charge is -2.22. The molecule has 0 atom stereocenters. The monoisotopic (exact) mass is 395 g/mol. The molecule has 1 heterocycles. The molecule has 1 amide bonds. The predicted octanol–water partition coefficient (Wildman–Crippen LogP) is 4.45. The lowest BCUT2D eigenvalue weighted by molar-refractivity contribution is -0.114. The van der Waals surface area contributed by atoms with Crippen molar-refractivity contribution in [1.82, 2.24) is 9.97 Å². The number of methoxy groups -OCH3 is 2. The van der Waals surface area contributed by atoms with Gasteiger partial charge in [-0.25, -0.2) is 4.98 Å². The molecule has 0 aliphatic heterocycles. The minimum Gasteiger partial charge on any atom is -0.493 e. The molecule has 0 unspecified atom stereocenters. The van der Waals surface area contributed by atoms with Crippen LogP contribution in [-0.4, -0.2) is 35.7 Å². The molecule has 152 valence electrons. The molecule has 0 saturated heterocycles. The van der Waals surface area contributed by atoms with Crippen LogP contribution < -0.4 is 19.5 Å². The number of carbonyl (C=O) groups is 1. The van der Waals surface area contributed by atoms with Gasteiger partial charge >= 0.3 is 0 Å². The van der Waals surface area contributed by atoms with Crippen molar-refractivity contribution in [3.05, 3.63) is 36.4 Å². The molecule has 29 heavy (non-hydrogen) atoms. The highest BCUT2D eigenvalue weighted by atomic mass is 16.5. The van der Waals surface area contributed by atoms with Gasteiger partial charge in [-0.1, -0.05) is 12.1 Å². The first-order valence-corrected chi connectivity index (χ1v) is 9.21. The van der Waals surface area contributed by atoms with Crippen LogP contribution in [0.2, 0.25) is 0 Å². The Morgan fingerprint density at radius 1 is 0.931 bits per heavy atom. The van der Waals surface area contributed by atoms with Crippen molar-refractivity contribution < 1.29 is 19.0 Å². The summed E-state index contributed by atoms with van der Waals surface area (Å²) in [7, 11) is 3.21. The van der Waals surface area contributed by atoms with E-state index in [-0.39, 0.29) is 11.9 Å². The number of fused-ring (bicyclic) bond motifs is 1. The minimum atomic E-state index is -0.464. The summed E-state index contributed by atoms with van der Waals surface area (Å²) in [6, 6.07) is 11.5. The van der Waals surface area contributed by atoms with Gasteiger partial charge in [0.15, 0.2) is 11.5 Å². The second-order valence-corrected chi connectivity index (χ2v) is 7.55. The third kappa shape index (κ3) is 4.74. The van der Waals surface area contributed by atoms with E-state index in [9.17, 15) is 4.79 Å². The highest BCUT2D eigenvalue weighted by Crippen LogP contribution is 2.35. The first kappa shape index (κ1) is 20.4. The first-order chi connectivity index (χ1) is 13.7. The second-order valence-electron chi connectivity index (χ2n) is 7.55. The molecule has 0 spiro atoms. The molecule has 7 nitrogen and oxygen atoms in total. The number of rotatable bonds is 5. The minimum absolute atomic E-state index is 0.211. The number of anilines is 1. The molecule has 0 saturated carbocycles. The zero-order valence-electron chi connectivity index (χ0n) is 17.5. The van der Waals surface area contributed by atoms with Crippen LogP contribution in [0.15, 0.2) is 36.4 Å². The Morgan fingerprint density at radius 2 is 1.59 bits per heavy atom. The highest BCUT2D eigenvalue weighted by molar-refractivity contribution is 5.92. The van der Waals surface area contributed by atoms with E-state index >= 15 is 0 Å². The van der Waals surface area contributed by atoms with Crippen LogP contribution in [0, 0.1) is 0 Å². The molecule has 1 N–H and O–H groups in total. The molecule has 7 heteroatoms. The van der Waals surface area contributed by atoms with Crippen molar-refractivity contribution in [1.29, 1.82) is 0 Å². The van der Waals surface area contributed by atoms with Crippen molar-refractivity contribution in [2.24, 2.45) is 0 Å². The van der Waals surface area contributed by atoms with Gasteiger partial charge in [-0.3, -0.25) is 10.1 Å². The Hall–Kier alpha value is -3.35. The van der Waals surface area contributed by atoms with E-state index in [0.29, 0.717) is 22.9 Å². The number of ether oxygens (including phenoxy) is 3. The summed E-state index contributed by atoms with van der Waals surface area (Å²) >= 11 is 0.